The number of nitrogens with one attached hydrogen (secondary N) is 1. The molecule has 31 heavy (non-hydrogen) atoms. The molecule has 1 aliphatic rings. The third-order valence-electron chi connectivity index (χ3n) is 5.73. The predicted molar refractivity (Wildman–Crippen MR) is 110 cm³/mol. The Kier molecular flexibility index (Phi) is 5.59. The fraction of sp³-hybridized carbons (Fsp3) is 0.450. The summed E-state index contributed by atoms with van der Waals surface area (Å²) in [6.07, 6.45) is 1.22. The third-order valence-corrected chi connectivity index (χ3v) is 6.01. The van der Waals surface area contributed by atoms with Crippen molar-refractivity contribution >= 4 is 29.0 Å². The summed E-state index contributed by atoms with van der Waals surface area (Å²) in [5, 5.41) is 7.14. The van der Waals surface area contributed by atoms with E-state index in [4.69, 9.17) is 11.6 Å². The zero-order valence-electron chi connectivity index (χ0n) is 17.0. The zero-order valence-corrected chi connectivity index (χ0v) is 17.8. The van der Waals surface area contributed by atoms with E-state index in [1.807, 2.05) is 11.9 Å². The second kappa shape index (κ2) is 8.07. The molecule has 1 saturated carbocycles. The van der Waals surface area contributed by atoms with E-state index in [0.717, 1.165) is 31.9 Å². The number of fused-ring (bicyclic) bond motifs is 1. The molecule has 0 radical (unpaired) electrons. The molecular weight excluding hydrogens is 433 g/mol. The van der Waals surface area contributed by atoms with E-state index < -0.39 is 11.9 Å². The number of anilines is 1. The standard InChI is InChI=1S/C20H22ClF3N6O/c1-28-10-14(18(21)27-28)19(31)25-12-6-8-13(9-7-12)29(2)17-5-3-4-16-26-15(11-30(16)17)20(22,23)24/h3-5,10-13H,6-9H2,1-2H3,(H,25,31). The van der Waals surface area contributed by atoms with E-state index in [-0.39, 0.29) is 28.8 Å². The van der Waals surface area contributed by atoms with Crippen molar-refractivity contribution < 1.29 is 18.0 Å². The number of hydrogen-bond acceptors (Lipinski definition) is 4. The summed E-state index contributed by atoms with van der Waals surface area (Å²) in [5.74, 6) is 0.396. The molecule has 11 heteroatoms. The topological polar surface area (TPSA) is 67.5 Å². The van der Waals surface area contributed by atoms with Crippen LogP contribution in [0.25, 0.3) is 5.65 Å². The molecule has 1 aliphatic carbocycles. The summed E-state index contributed by atoms with van der Waals surface area (Å²) in [6, 6.07) is 5.19. The summed E-state index contributed by atoms with van der Waals surface area (Å²) >= 11 is 5.99. The highest BCUT2D eigenvalue weighted by Gasteiger charge is 2.34. The van der Waals surface area contributed by atoms with E-state index in [9.17, 15) is 18.0 Å². The molecule has 3 heterocycles. The average molecular weight is 455 g/mol. The lowest BCUT2D eigenvalue weighted by Gasteiger charge is -2.36. The number of imidazole rings is 1. The number of rotatable bonds is 4. The lowest BCUT2D eigenvalue weighted by atomic mass is 9.90. The molecule has 3 aromatic heterocycles. The van der Waals surface area contributed by atoms with Gasteiger partial charge in [0.05, 0.1) is 5.56 Å². The number of hydrogen-bond donors (Lipinski definition) is 1. The number of aryl methyl sites for hydroxylation is 1. The van der Waals surface area contributed by atoms with Gasteiger partial charge in [-0.05, 0) is 37.8 Å². The monoisotopic (exact) mass is 454 g/mol. The minimum atomic E-state index is -4.49. The Hall–Kier alpha value is -2.75. The summed E-state index contributed by atoms with van der Waals surface area (Å²) in [5.41, 5.74) is -0.310. The molecule has 7 nitrogen and oxygen atoms in total. The van der Waals surface area contributed by atoms with Crippen LogP contribution in [-0.2, 0) is 13.2 Å². The maximum atomic E-state index is 13.1. The minimum Gasteiger partial charge on any atom is -0.358 e. The van der Waals surface area contributed by atoms with Gasteiger partial charge < -0.3 is 10.2 Å². The first-order valence-electron chi connectivity index (χ1n) is 9.91. The van der Waals surface area contributed by atoms with Crippen LogP contribution >= 0.6 is 11.6 Å². The van der Waals surface area contributed by atoms with Crippen molar-refractivity contribution in [3.8, 4) is 0 Å². The van der Waals surface area contributed by atoms with Crippen molar-refractivity contribution in [2.75, 3.05) is 11.9 Å². The normalized spacial score (nSPS) is 19.5. The molecule has 0 aromatic carbocycles. The Labute approximate surface area is 181 Å². The SMILES string of the molecule is CN(c1cccc2nc(C(F)(F)F)cn12)C1CCC(NC(=O)c2cn(C)nc2Cl)CC1. The van der Waals surface area contributed by atoms with Crippen molar-refractivity contribution in [2.24, 2.45) is 7.05 Å². The smallest absolute Gasteiger partial charge is 0.358 e. The van der Waals surface area contributed by atoms with Crippen LogP contribution in [0.15, 0.2) is 30.6 Å². The number of halogens is 4. The molecule has 166 valence electrons. The lowest BCUT2D eigenvalue weighted by Crippen LogP contribution is -2.43. The van der Waals surface area contributed by atoms with Gasteiger partial charge in [-0.15, -0.1) is 0 Å². The molecule has 0 aliphatic heterocycles. The summed E-state index contributed by atoms with van der Waals surface area (Å²) < 4.78 is 42.2. The highest BCUT2D eigenvalue weighted by Crippen LogP contribution is 2.31. The van der Waals surface area contributed by atoms with Crippen molar-refractivity contribution in [1.29, 1.82) is 0 Å². The minimum absolute atomic E-state index is 0.00860. The van der Waals surface area contributed by atoms with E-state index in [1.165, 1.54) is 9.08 Å². The number of pyridine rings is 1. The Bertz CT molecular complexity index is 1100. The maximum Gasteiger partial charge on any atom is 0.434 e. The Morgan fingerprint density at radius 3 is 2.55 bits per heavy atom. The van der Waals surface area contributed by atoms with Crippen molar-refractivity contribution in [3.63, 3.8) is 0 Å². The van der Waals surface area contributed by atoms with Gasteiger partial charge in [-0.25, -0.2) is 4.98 Å². The molecule has 0 spiro atoms. The van der Waals surface area contributed by atoms with Gasteiger partial charge in [0, 0.05) is 38.6 Å². The van der Waals surface area contributed by atoms with Gasteiger partial charge in [-0.1, -0.05) is 17.7 Å². The zero-order chi connectivity index (χ0) is 22.3. The van der Waals surface area contributed by atoms with Crippen LogP contribution < -0.4 is 10.2 Å². The largest absolute Gasteiger partial charge is 0.434 e. The van der Waals surface area contributed by atoms with Gasteiger partial charge in [0.2, 0.25) is 0 Å². The van der Waals surface area contributed by atoms with E-state index in [0.29, 0.717) is 11.4 Å². The first-order valence-corrected chi connectivity index (χ1v) is 10.3. The summed E-state index contributed by atoms with van der Waals surface area (Å²) in [6.45, 7) is 0. The molecule has 0 unspecified atom stereocenters. The Balaban J connectivity index is 1.43. The quantitative estimate of drug-likeness (QED) is 0.649. The summed E-state index contributed by atoms with van der Waals surface area (Å²) in [4.78, 5) is 18.1. The highest BCUT2D eigenvalue weighted by atomic mass is 35.5. The van der Waals surface area contributed by atoms with Gasteiger partial charge in [-0.3, -0.25) is 13.9 Å². The highest BCUT2D eigenvalue weighted by molar-refractivity contribution is 6.32. The molecule has 3 aromatic rings. The number of carbonyl (C=O) groups excluding carboxylic acids is 1. The second-order valence-electron chi connectivity index (χ2n) is 7.83. The van der Waals surface area contributed by atoms with Crippen molar-refractivity contribution in [3.05, 3.63) is 47.0 Å². The molecule has 0 saturated heterocycles. The van der Waals surface area contributed by atoms with Crippen LogP contribution in [0.2, 0.25) is 5.15 Å². The van der Waals surface area contributed by atoms with Gasteiger partial charge >= 0.3 is 6.18 Å². The lowest BCUT2D eigenvalue weighted by molar-refractivity contribution is -0.140. The van der Waals surface area contributed by atoms with Crippen molar-refractivity contribution in [1.82, 2.24) is 24.5 Å². The second-order valence-corrected chi connectivity index (χ2v) is 8.19. The molecule has 0 atom stereocenters. The van der Waals surface area contributed by atoms with Crippen LogP contribution in [0.3, 0.4) is 0 Å². The van der Waals surface area contributed by atoms with Crippen LogP contribution in [0.5, 0.6) is 0 Å². The average Bonchev–Trinajstić information content (AvgIpc) is 3.30. The molecule has 1 N–H and O–H groups in total. The first kappa shape index (κ1) is 21.5. The molecule has 1 amide bonds. The molecular formula is C20H22ClF3N6O. The van der Waals surface area contributed by atoms with E-state index in [1.54, 1.807) is 31.4 Å². The van der Waals surface area contributed by atoms with E-state index >= 15 is 0 Å². The van der Waals surface area contributed by atoms with Gasteiger partial charge in [0.25, 0.3) is 5.91 Å². The van der Waals surface area contributed by atoms with Gasteiger partial charge in [-0.2, -0.15) is 18.3 Å². The molecule has 0 bridgehead atoms. The number of nitrogens with zero attached hydrogens (tertiary/aromatic N) is 5. The summed E-state index contributed by atoms with van der Waals surface area (Å²) in [7, 11) is 3.57. The Morgan fingerprint density at radius 2 is 1.94 bits per heavy atom. The fourth-order valence-electron chi connectivity index (χ4n) is 4.09. The first-order chi connectivity index (χ1) is 14.6. The fourth-order valence-corrected chi connectivity index (χ4v) is 4.35. The number of carbonyl (C=O) groups is 1. The van der Waals surface area contributed by atoms with Gasteiger partial charge in [0.1, 0.15) is 11.5 Å². The van der Waals surface area contributed by atoms with Crippen LogP contribution in [0.4, 0.5) is 19.0 Å². The van der Waals surface area contributed by atoms with Crippen LogP contribution in [-0.4, -0.2) is 44.2 Å². The van der Waals surface area contributed by atoms with E-state index in [2.05, 4.69) is 15.4 Å². The number of amides is 1. The number of alkyl halides is 3. The van der Waals surface area contributed by atoms with Crippen LogP contribution in [0, 0.1) is 0 Å². The van der Waals surface area contributed by atoms with Gasteiger partial charge in [0.15, 0.2) is 10.8 Å². The predicted octanol–water partition coefficient (Wildman–Crippen LogP) is 3.92. The molecule has 4 rings (SSSR count). The molecule has 1 fully saturated rings. The maximum absolute atomic E-state index is 13.1. The Morgan fingerprint density at radius 1 is 1.23 bits per heavy atom. The third kappa shape index (κ3) is 4.34. The van der Waals surface area contributed by atoms with Crippen LogP contribution in [0.1, 0.15) is 41.7 Å². The van der Waals surface area contributed by atoms with Crippen molar-refractivity contribution in [2.45, 2.75) is 43.9 Å². The number of aromatic nitrogens is 4.